The van der Waals surface area contributed by atoms with E-state index in [0.29, 0.717) is 11.6 Å². The standard InChI is InChI=1S/C10H18ClN3O/c1-3-5-15-7-9(12)10-8(11)6-13-14(10)4-2/h6,9H,3-5,7,12H2,1-2H3. The van der Waals surface area contributed by atoms with Gasteiger partial charge in [0.2, 0.25) is 0 Å². The fourth-order valence-corrected chi connectivity index (χ4v) is 1.71. The molecule has 86 valence electrons. The third-order valence-corrected chi connectivity index (χ3v) is 2.42. The van der Waals surface area contributed by atoms with E-state index in [1.54, 1.807) is 6.20 Å². The van der Waals surface area contributed by atoms with Crippen molar-refractivity contribution in [3.05, 3.63) is 16.9 Å². The summed E-state index contributed by atoms with van der Waals surface area (Å²) >= 11 is 6.01. The normalized spacial score (nSPS) is 13.1. The second kappa shape index (κ2) is 6.10. The molecular formula is C10H18ClN3O. The van der Waals surface area contributed by atoms with E-state index in [0.717, 1.165) is 25.3 Å². The lowest BCUT2D eigenvalue weighted by Crippen LogP contribution is -2.21. The maximum absolute atomic E-state index is 6.01. The van der Waals surface area contributed by atoms with Gasteiger partial charge in [-0.25, -0.2) is 0 Å². The van der Waals surface area contributed by atoms with Crippen molar-refractivity contribution in [3.8, 4) is 0 Å². The molecule has 5 heteroatoms. The summed E-state index contributed by atoms with van der Waals surface area (Å²) in [5, 5.41) is 4.75. The van der Waals surface area contributed by atoms with Gasteiger partial charge < -0.3 is 10.5 Å². The van der Waals surface area contributed by atoms with E-state index < -0.39 is 0 Å². The SMILES string of the molecule is CCCOCC(N)c1c(Cl)cnn1CC. The minimum Gasteiger partial charge on any atom is -0.379 e. The maximum Gasteiger partial charge on any atom is 0.0834 e. The zero-order chi connectivity index (χ0) is 11.3. The van der Waals surface area contributed by atoms with Crippen LogP contribution in [0.4, 0.5) is 0 Å². The van der Waals surface area contributed by atoms with Crippen molar-refractivity contribution >= 4 is 11.6 Å². The first-order valence-corrected chi connectivity index (χ1v) is 5.63. The highest BCUT2D eigenvalue weighted by atomic mass is 35.5. The van der Waals surface area contributed by atoms with E-state index in [-0.39, 0.29) is 6.04 Å². The number of aryl methyl sites for hydroxylation is 1. The van der Waals surface area contributed by atoms with Crippen molar-refractivity contribution < 1.29 is 4.74 Å². The van der Waals surface area contributed by atoms with Crippen molar-refractivity contribution in [1.82, 2.24) is 9.78 Å². The van der Waals surface area contributed by atoms with Crippen molar-refractivity contribution in [1.29, 1.82) is 0 Å². The van der Waals surface area contributed by atoms with Gasteiger partial charge in [0, 0.05) is 13.2 Å². The van der Waals surface area contributed by atoms with Gasteiger partial charge in [0.15, 0.2) is 0 Å². The summed E-state index contributed by atoms with van der Waals surface area (Å²) in [6, 6.07) is -0.202. The summed E-state index contributed by atoms with van der Waals surface area (Å²) in [5.41, 5.74) is 6.84. The summed E-state index contributed by atoms with van der Waals surface area (Å²) in [5.74, 6) is 0. The molecule has 1 aromatic rings. The van der Waals surface area contributed by atoms with Gasteiger partial charge in [0.25, 0.3) is 0 Å². The van der Waals surface area contributed by atoms with Crippen LogP contribution in [0.2, 0.25) is 5.02 Å². The van der Waals surface area contributed by atoms with Crippen LogP contribution in [-0.2, 0) is 11.3 Å². The Morgan fingerprint density at radius 2 is 2.33 bits per heavy atom. The molecule has 0 aliphatic heterocycles. The van der Waals surface area contributed by atoms with Crippen molar-refractivity contribution in [2.75, 3.05) is 13.2 Å². The monoisotopic (exact) mass is 231 g/mol. The number of nitrogens with zero attached hydrogens (tertiary/aromatic N) is 2. The van der Waals surface area contributed by atoms with E-state index in [9.17, 15) is 0 Å². The lowest BCUT2D eigenvalue weighted by Gasteiger charge is -2.14. The van der Waals surface area contributed by atoms with Gasteiger partial charge in [0.1, 0.15) is 0 Å². The molecule has 0 aliphatic carbocycles. The average molecular weight is 232 g/mol. The third-order valence-electron chi connectivity index (χ3n) is 2.13. The number of hydrogen-bond acceptors (Lipinski definition) is 3. The van der Waals surface area contributed by atoms with Gasteiger partial charge in [-0.05, 0) is 13.3 Å². The Bertz CT molecular complexity index is 301. The fourth-order valence-electron chi connectivity index (χ4n) is 1.43. The summed E-state index contributed by atoms with van der Waals surface area (Å²) < 4.78 is 7.21. The fraction of sp³-hybridized carbons (Fsp3) is 0.700. The number of hydrogen-bond donors (Lipinski definition) is 1. The molecule has 1 heterocycles. The van der Waals surface area contributed by atoms with Crippen LogP contribution in [-0.4, -0.2) is 23.0 Å². The van der Waals surface area contributed by atoms with Crippen LogP contribution in [0.1, 0.15) is 32.0 Å². The largest absolute Gasteiger partial charge is 0.379 e. The summed E-state index contributed by atoms with van der Waals surface area (Å²) in [6.07, 6.45) is 2.62. The zero-order valence-electron chi connectivity index (χ0n) is 9.24. The molecule has 0 aromatic carbocycles. The van der Waals surface area contributed by atoms with Crippen LogP contribution in [0.25, 0.3) is 0 Å². The molecule has 0 amide bonds. The Morgan fingerprint density at radius 1 is 1.60 bits per heavy atom. The quantitative estimate of drug-likeness (QED) is 0.762. The van der Waals surface area contributed by atoms with Gasteiger partial charge >= 0.3 is 0 Å². The molecule has 0 radical (unpaired) electrons. The van der Waals surface area contributed by atoms with Gasteiger partial charge in [-0.3, -0.25) is 4.68 Å². The highest BCUT2D eigenvalue weighted by molar-refractivity contribution is 6.31. The highest BCUT2D eigenvalue weighted by Crippen LogP contribution is 2.21. The van der Waals surface area contributed by atoms with E-state index in [4.69, 9.17) is 22.1 Å². The van der Waals surface area contributed by atoms with Crippen LogP contribution in [0.3, 0.4) is 0 Å². The van der Waals surface area contributed by atoms with Crippen molar-refractivity contribution in [2.45, 2.75) is 32.9 Å². The molecule has 2 N–H and O–H groups in total. The highest BCUT2D eigenvalue weighted by Gasteiger charge is 2.15. The summed E-state index contributed by atoms with van der Waals surface area (Å²) in [6.45, 7) is 6.05. The Labute approximate surface area is 95.3 Å². The molecule has 0 fully saturated rings. The average Bonchev–Trinajstić information content (AvgIpc) is 2.59. The predicted octanol–water partition coefficient (Wildman–Crippen LogP) is 1.98. The Morgan fingerprint density at radius 3 is 2.93 bits per heavy atom. The number of ether oxygens (including phenoxy) is 1. The minimum atomic E-state index is -0.202. The predicted molar refractivity (Wildman–Crippen MR) is 60.9 cm³/mol. The number of nitrogens with two attached hydrogens (primary N) is 1. The number of rotatable bonds is 6. The second-order valence-corrected chi connectivity index (χ2v) is 3.78. The van der Waals surface area contributed by atoms with E-state index >= 15 is 0 Å². The topological polar surface area (TPSA) is 53.1 Å². The smallest absolute Gasteiger partial charge is 0.0834 e. The lowest BCUT2D eigenvalue weighted by atomic mass is 10.2. The molecular weight excluding hydrogens is 214 g/mol. The second-order valence-electron chi connectivity index (χ2n) is 3.37. The summed E-state index contributed by atoms with van der Waals surface area (Å²) in [4.78, 5) is 0. The Hall–Kier alpha value is -0.580. The molecule has 0 bridgehead atoms. The van der Waals surface area contributed by atoms with Crippen molar-refractivity contribution in [2.24, 2.45) is 5.73 Å². The minimum absolute atomic E-state index is 0.202. The first-order valence-electron chi connectivity index (χ1n) is 5.25. The molecule has 1 aromatic heterocycles. The molecule has 0 aliphatic rings. The summed E-state index contributed by atoms with van der Waals surface area (Å²) in [7, 11) is 0. The first-order chi connectivity index (χ1) is 7.20. The Balaban J connectivity index is 2.63. The molecule has 1 atom stereocenters. The van der Waals surface area contributed by atoms with Gasteiger partial charge in [0.05, 0.1) is 29.6 Å². The van der Waals surface area contributed by atoms with Gasteiger partial charge in [-0.2, -0.15) is 5.10 Å². The number of halogens is 1. The van der Waals surface area contributed by atoms with Crippen molar-refractivity contribution in [3.63, 3.8) is 0 Å². The molecule has 0 saturated heterocycles. The van der Waals surface area contributed by atoms with Crippen LogP contribution >= 0.6 is 11.6 Å². The molecule has 1 rings (SSSR count). The van der Waals surface area contributed by atoms with Crippen LogP contribution in [0.5, 0.6) is 0 Å². The van der Waals surface area contributed by atoms with Crippen LogP contribution in [0.15, 0.2) is 6.20 Å². The lowest BCUT2D eigenvalue weighted by molar-refractivity contribution is 0.119. The van der Waals surface area contributed by atoms with E-state index in [2.05, 4.69) is 12.0 Å². The molecule has 0 saturated carbocycles. The first kappa shape index (κ1) is 12.5. The third kappa shape index (κ3) is 3.19. The van der Waals surface area contributed by atoms with Crippen LogP contribution in [0, 0.1) is 0 Å². The van der Waals surface area contributed by atoms with E-state index in [1.807, 2.05) is 11.6 Å². The van der Waals surface area contributed by atoms with Gasteiger partial charge in [-0.1, -0.05) is 18.5 Å². The molecule has 15 heavy (non-hydrogen) atoms. The van der Waals surface area contributed by atoms with Gasteiger partial charge in [-0.15, -0.1) is 0 Å². The molecule has 1 unspecified atom stereocenters. The number of aromatic nitrogens is 2. The maximum atomic E-state index is 6.01. The van der Waals surface area contributed by atoms with Crippen LogP contribution < -0.4 is 5.73 Å². The Kier molecular flexibility index (Phi) is 5.08. The van der Waals surface area contributed by atoms with E-state index in [1.165, 1.54) is 0 Å². The molecule has 0 spiro atoms. The molecule has 4 nitrogen and oxygen atoms in total. The zero-order valence-corrected chi connectivity index (χ0v) is 10.00.